The van der Waals surface area contributed by atoms with E-state index in [2.05, 4.69) is 42.6 Å². The molecule has 3 aliphatic rings. The molecule has 2 aromatic rings. The van der Waals surface area contributed by atoms with Crippen LogP contribution in [-0.2, 0) is 19.3 Å². The van der Waals surface area contributed by atoms with E-state index >= 15 is 0 Å². The van der Waals surface area contributed by atoms with Crippen molar-refractivity contribution in [1.82, 2.24) is 10.2 Å². The van der Waals surface area contributed by atoms with Gasteiger partial charge in [0.1, 0.15) is 0 Å². The highest BCUT2D eigenvalue weighted by Gasteiger charge is 2.54. The summed E-state index contributed by atoms with van der Waals surface area (Å²) in [4.78, 5) is 15.2. The van der Waals surface area contributed by atoms with E-state index in [1.54, 1.807) is 14.2 Å². The number of benzene rings is 2. The number of aryl methyl sites for hydroxylation is 1. The van der Waals surface area contributed by atoms with Crippen LogP contribution in [0.25, 0.3) is 0 Å². The molecule has 5 heteroatoms. The molecule has 3 atom stereocenters. The number of nitrogens with one attached hydrogen (secondary N) is 1. The van der Waals surface area contributed by atoms with Crippen molar-refractivity contribution < 1.29 is 14.3 Å². The van der Waals surface area contributed by atoms with E-state index < -0.39 is 0 Å². The molecule has 3 unspecified atom stereocenters. The molecular formula is C28H36N2O3. The fraction of sp³-hybridized carbons (Fsp3) is 0.536. The molecule has 1 saturated heterocycles. The number of nitrogens with zero attached hydrogens (tertiary/aromatic N) is 1. The Morgan fingerprint density at radius 1 is 1.09 bits per heavy atom. The minimum absolute atomic E-state index is 0.223. The summed E-state index contributed by atoms with van der Waals surface area (Å²) in [6, 6.07) is 12.6. The lowest BCUT2D eigenvalue weighted by atomic mass is 9.89. The van der Waals surface area contributed by atoms with Crippen LogP contribution in [0.15, 0.2) is 36.4 Å². The molecule has 2 aromatic carbocycles. The van der Waals surface area contributed by atoms with Crippen LogP contribution in [0.3, 0.4) is 0 Å². The minimum atomic E-state index is 0.223. The van der Waals surface area contributed by atoms with Crippen molar-refractivity contribution in [2.75, 3.05) is 40.4 Å². The van der Waals surface area contributed by atoms with Gasteiger partial charge in [-0.2, -0.15) is 0 Å². The normalized spacial score (nSPS) is 26.1. The van der Waals surface area contributed by atoms with E-state index in [0.717, 1.165) is 68.4 Å². The largest absolute Gasteiger partial charge is 0.493 e. The second kappa shape index (κ2) is 9.02. The first-order valence-corrected chi connectivity index (χ1v) is 12.3. The topological polar surface area (TPSA) is 50.8 Å². The first-order chi connectivity index (χ1) is 16.0. The summed E-state index contributed by atoms with van der Waals surface area (Å²) < 4.78 is 10.9. The van der Waals surface area contributed by atoms with Gasteiger partial charge in [0.05, 0.1) is 14.2 Å². The van der Waals surface area contributed by atoms with Gasteiger partial charge < -0.3 is 19.7 Å². The van der Waals surface area contributed by atoms with Crippen LogP contribution < -0.4 is 14.8 Å². The fourth-order valence-electron chi connectivity index (χ4n) is 6.14. The maximum atomic E-state index is 13.2. The van der Waals surface area contributed by atoms with Crippen molar-refractivity contribution in [2.24, 2.45) is 17.3 Å². The Morgan fingerprint density at radius 3 is 2.64 bits per heavy atom. The molecule has 5 rings (SSSR count). The SMILES string of the molecule is COc1ccc(CCC2(C)CC2C2Cc3cccc(C(=O)N4CCNCC4)c3C2)cc1OC. The summed E-state index contributed by atoms with van der Waals surface area (Å²) in [5.74, 6) is 3.22. The van der Waals surface area contributed by atoms with Crippen LogP contribution in [-0.4, -0.2) is 51.2 Å². The lowest BCUT2D eigenvalue weighted by Crippen LogP contribution is -2.46. The summed E-state index contributed by atoms with van der Waals surface area (Å²) in [5.41, 5.74) is 5.36. The number of hydrogen-bond donors (Lipinski definition) is 1. The second-order valence-corrected chi connectivity index (χ2v) is 10.3. The smallest absolute Gasteiger partial charge is 0.254 e. The number of carbonyl (C=O) groups excluding carboxylic acids is 1. The van der Waals surface area contributed by atoms with Gasteiger partial charge >= 0.3 is 0 Å². The molecule has 2 aliphatic carbocycles. The van der Waals surface area contributed by atoms with Crippen molar-refractivity contribution in [3.63, 3.8) is 0 Å². The average molecular weight is 449 g/mol. The highest BCUT2D eigenvalue weighted by molar-refractivity contribution is 5.96. The maximum absolute atomic E-state index is 13.2. The number of ether oxygens (including phenoxy) is 2. The minimum Gasteiger partial charge on any atom is -0.493 e. The Hall–Kier alpha value is -2.53. The van der Waals surface area contributed by atoms with Gasteiger partial charge in [-0.1, -0.05) is 25.1 Å². The number of carbonyl (C=O) groups is 1. The first kappa shape index (κ1) is 22.3. The fourth-order valence-corrected chi connectivity index (χ4v) is 6.14. The molecular weight excluding hydrogens is 412 g/mol. The van der Waals surface area contributed by atoms with Crippen LogP contribution >= 0.6 is 0 Å². The van der Waals surface area contributed by atoms with E-state index in [1.807, 2.05) is 11.0 Å². The van der Waals surface area contributed by atoms with Gasteiger partial charge in [-0.3, -0.25) is 4.79 Å². The van der Waals surface area contributed by atoms with Crippen molar-refractivity contribution >= 4 is 5.91 Å². The molecule has 1 amide bonds. The molecule has 1 aliphatic heterocycles. The van der Waals surface area contributed by atoms with Crippen LogP contribution in [0.2, 0.25) is 0 Å². The maximum Gasteiger partial charge on any atom is 0.254 e. The summed E-state index contributed by atoms with van der Waals surface area (Å²) in [6.45, 7) is 5.85. The molecule has 1 N–H and O–H groups in total. The van der Waals surface area contributed by atoms with E-state index in [0.29, 0.717) is 11.3 Å². The van der Waals surface area contributed by atoms with Gasteiger partial charge in [0.15, 0.2) is 11.5 Å². The van der Waals surface area contributed by atoms with Gasteiger partial charge in [-0.05, 0) is 84.2 Å². The summed E-state index contributed by atoms with van der Waals surface area (Å²) in [6.07, 6.45) is 5.71. The number of piperazine rings is 1. The van der Waals surface area contributed by atoms with Gasteiger partial charge in [0, 0.05) is 31.7 Å². The van der Waals surface area contributed by atoms with E-state index in [4.69, 9.17) is 9.47 Å². The Labute approximate surface area is 197 Å². The highest BCUT2D eigenvalue weighted by Crippen LogP contribution is 2.61. The Bertz CT molecular complexity index is 1030. The van der Waals surface area contributed by atoms with E-state index in [1.165, 1.54) is 29.5 Å². The van der Waals surface area contributed by atoms with Crippen molar-refractivity contribution in [3.8, 4) is 11.5 Å². The number of fused-ring (bicyclic) bond motifs is 1. The van der Waals surface area contributed by atoms with Crippen molar-refractivity contribution in [1.29, 1.82) is 0 Å². The van der Waals surface area contributed by atoms with E-state index in [-0.39, 0.29) is 5.91 Å². The number of hydrogen-bond acceptors (Lipinski definition) is 4. The van der Waals surface area contributed by atoms with Crippen LogP contribution in [0.1, 0.15) is 46.8 Å². The molecule has 1 heterocycles. The summed E-state index contributed by atoms with van der Waals surface area (Å²) in [7, 11) is 3.37. The lowest BCUT2D eigenvalue weighted by Gasteiger charge is -2.28. The van der Waals surface area contributed by atoms with Crippen LogP contribution in [0.5, 0.6) is 11.5 Å². The van der Waals surface area contributed by atoms with Crippen molar-refractivity contribution in [2.45, 2.75) is 39.0 Å². The first-order valence-electron chi connectivity index (χ1n) is 12.3. The van der Waals surface area contributed by atoms with Gasteiger partial charge in [0.2, 0.25) is 0 Å². The lowest BCUT2D eigenvalue weighted by molar-refractivity contribution is 0.0734. The quantitative estimate of drug-likeness (QED) is 0.692. The highest BCUT2D eigenvalue weighted by atomic mass is 16.5. The van der Waals surface area contributed by atoms with Gasteiger partial charge in [-0.15, -0.1) is 0 Å². The molecule has 176 valence electrons. The zero-order chi connectivity index (χ0) is 23.0. The zero-order valence-electron chi connectivity index (χ0n) is 20.2. The molecule has 2 fully saturated rings. The molecule has 0 spiro atoms. The molecule has 33 heavy (non-hydrogen) atoms. The number of rotatable bonds is 7. The Kier molecular flexibility index (Phi) is 6.09. The molecule has 0 aromatic heterocycles. The molecule has 0 bridgehead atoms. The molecule has 0 radical (unpaired) electrons. The Morgan fingerprint density at radius 2 is 1.88 bits per heavy atom. The van der Waals surface area contributed by atoms with Crippen LogP contribution in [0.4, 0.5) is 0 Å². The predicted octanol–water partition coefficient (Wildman–Crippen LogP) is 4.12. The predicted molar refractivity (Wildman–Crippen MR) is 130 cm³/mol. The average Bonchev–Trinajstić information content (AvgIpc) is 3.34. The third kappa shape index (κ3) is 4.35. The monoisotopic (exact) mass is 448 g/mol. The van der Waals surface area contributed by atoms with E-state index in [9.17, 15) is 4.79 Å². The van der Waals surface area contributed by atoms with Crippen molar-refractivity contribution in [3.05, 3.63) is 58.7 Å². The molecule has 5 nitrogen and oxygen atoms in total. The second-order valence-electron chi connectivity index (χ2n) is 10.3. The summed E-state index contributed by atoms with van der Waals surface area (Å²) >= 11 is 0. The van der Waals surface area contributed by atoms with Crippen LogP contribution in [0, 0.1) is 17.3 Å². The Balaban J connectivity index is 1.23. The summed E-state index contributed by atoms with van der Waals surface area (Å²) in [5, 5.41) is 3.34. The third-order valence-electron chi connectivity index (χ3n) is 8.28. The zero-order valence-corrected chi connectivity index (χ0v) is 20.2. The van der Waals surface area contributed by atoms with Gasteiger partial charge in [-0.25, -0.2) is 0 Å². The standard InChI is InChI=1S/C28H36N2O3/c1-28(10-9-19-7-8-25(32-2)26(15-19)33-3)18-24(28)21-16-20-5-4-6-22(23(20)17-21)27(31)30-13-11-29-12-14-30/h4-8,15,21,24,29H,9-14,16-18H2,1-3H3. The number of amides is 1. The number of methoxy groups -OCH3 is 2. The molecule has 1 saturated carbocycles. The van der Waals surface area contributed by atoms with Gasteiger partial charge in [0.25, 0.3) is 5.91 Å². The third-order valence-corrected chi connectivity index (χ3v) is 8.28.